The second kappa shape index (κ2) is 6.36. The zero-order chi connectivity index (χ0) is 17.2. The Balaban J connectivity index is 1.89. The van der Waals surface area contributed by atoms with E-state index in [1.54, 1.807) is 24.3 Å². The molecule has 0 bridgehead atoms. The van der Waals surface area contributed by atoms with Crippen LogP contribution >= 0.6 is 0 Å². The van der Waals surface area contributed by atoms with Crippen LogP contribution in [0.1, 0.15) is 5.69 Å². The Bertz CT molecular complexity index is 972. The smallest absolute Gasteiger partial charge is 0.243 e. The molecule has 0 radical (unpaired) electrons. The maximum absolute atomic E-state index is 13.7. The normalized spacial score (nSPS) is 11.4. The molecular weight excluding hydrogens is 335 g/mol. The highest BCUT2D eigenvalue weighted by Gasteiger charge is 2.22. The molecule has 2 aromatic heterocycles. The first kappa shape index (κ1) is 16.1. The number of methoxy groups -OCH3 is 1. The van der Waals surface area contributed by atoms with Crippen LogP contribution in [0.3, 0.4) is 0 Å². The van der Waals surface area contributed by atoms with Crippen LogP contribution in [0.15, 0.2) is 47.6 Å². The minimum absolute atomic E-state index is 0.0229. The molecule has 0 aliphatic rings. The van der Waals surface area contributed by atoms with Crippen molar-refractivity contribution in [3.05, 3.63) is 54.0 Å². The van der Waals surface area contributed by atoms with Crippen molar-refractivity contribution in [3.8, 4) is 17.3 Å². The molecule has 0 spiro atoms. The summed E-state index contributed by atoms with van der Waals surface area (Å²) >= 11 is 0. The predicted octanol–water partition coefficient (Wildman–Crippen LogP) is 1.99. The number of pyridine rings is 1. The van der Waals surface area contributed by atoms with Gasteiger partial charge in [0.15, 0.2) is 5.82 Å². The summed E-state index contributed by atoms with van der Waals surface area (Å²) in [6.45, 7) is 0. The maximum Gasteiger partial charge on any atom is 0.243 e. The van der Waals surface area contributed by atoms with Gasteiger partial charge in [-0.1, -0.05) is 18.2 Å². The van der Waals surface area contributed by atoms with Crippen molar-refractivity contribution in [1.29, 1.82) is 0 Å². The molecule has 0 saturated heterocycles. The van der Waals surface area contributed by atoms with Gasteiger partial charge in [0.2, 0.25) is 20.9 Å². The second-order valence-corrected chi connectivity index (χ2v) is 6.78. The lowest BCUT2D eigenvalue weighted by Crippen LogP contribution is -2.08. The highest BCUT2D eigenvalue weighted by atomic mass is 32.2. The number of hydrogen-bond acceptors (Lipinski definition) is 6. The topological polar surface area (TPSA) is 97.8 Å². The summed E-state index contributed by atoms with van der Waals surface area (Å²) in [6.07, 6.45) is 0. The number of halogens is 1. The Labute approximate surface area is 137 Å². The lowest BCUT2D eigenvalue weighted by atomic mass is 10.2. The first-order valence-corrected chi connectivity index (χ1v) is 8.55. The third-order valence-corrected chi connectivity index (χ3v) is 4.65. The average molecular weight is 348 g/mol. The van der Waals surface area contributed by atoms with Gasteiger partial charge in [0, 0.05) is 6.07 Å². The monoisotopic (exact) mass is 348 g/mol. The van der Waals surface area contributed by atoms with Crippen molar-refractivity contribution >= 4 is 9.84 Å². The molecule has 7 nitrogen and oxygen atoms in total. The number of benzene rings is 1. The first-order chi connectivity index (χ1) is 11.5. The molecule has 0 saturated carbocycles. The third kappa shape index (κ3) is 3.25. The molecule has 0 fully saturated rings. The van der Waals surface area contributed by atoms with Crippen LogP contribution < -0.4 is 4.74 Å². The molecule has 3 aromatic rings. The lowest BCUT2D eigenvalue weighted by molar-refractivity contribution is 0.396. The van der Waals surface area contributed by atoms with Gasteiger partial charge in [0.1, 0.15) is 11.6 Å². The van der Waals surface area contributed by atoms with Gasteiger partial charge in [-0.25, -0.2) is 22.9 Å². The van der Waals surface area contributed by atoms with E-state index in [0.29, 0.717) is 11.6 Å². The van der Waals surface area contributed by atoms with E-state index >= 15 is 0 Å². The van der Waals surface area contributed by atoms with E-state index in [2.05, 4.69) is 20.2 Å². The highest BCUT2D eigenvalue weighted by molar-refractivity contribution is 7.90. The van der Waals surface area contributed by atoms with E-state index in [1.807, 2.05) is 0 Å². The van der Waals surface area contributed by atoms with Gasteiger partial charge in [-0.3, -0.25) is 0 Å². The van der Waals surface area contributed by atoms with Gasteiger partial charge in [0.05, 0.1) is 18.4 Å². The summed E-state index contributed by atoms with van der Waals surface area (Å²) in [5.74, 6) is -0.622. The molecule has 24 heavy (non-hydrogen) atoms. The van der Waals surface area contributed by atoms with Gasteiger partial charge in [-0.15, -0.1) is 0 Å². The minimum Gasteiger partial charge on any atom is -0.481 e. The van der Waals surface area contributed by atoms with E-state index < -0.39 is 15.7 Å². The Morgan fingerprint density at radius 3 is 2.67 bits per heavy atom. The van der Waals surface area contributed by atoms with Crippen LogP contribution in [0.2, 0.25) is 0 Å². The number of nitrogens with zero attached hydrogens (tertiary/aromatic N) is 3. The van der Waals surface area contributed by atoms with Crippen LogP contribution in [0, 0.1) is 5.82 Å². The fourth-order valence-electron chi connectivity index (χ4n) is 2.06. The molecule has 0 aliphatic heterocycles. The first-order valence-electron chi connectivity index (χ1n) is 6.89. The van der Waals surface area contributed by atoms with E-state index in [0.717, 1.165) is 0 Å². The summed E-state index contributed by atoms with van der Waals surface area (Å²) in [6, 6.07) is 10.7. The SMILES string of the molecule is COc1cccc(CS(=O)(=O)c2nc(-c3ccccc3F)n[nH]2)n1. The van der Waals surface area contributed by atoms with E-state index in [4.69, 9.17) is 4.74 Å². The van der Waals surface area contributed by atoms with Crippen LogP contribution in [0.25, 0.3) is 11.4 Å². The Morgan fingerprint density at radius 2 is 1.92 bits per heavy atom. The van der Waals surface area contributed by atoms with Crippen molar-refractivity contribution in [1.82, 2.24) is 20.2 Å². The standard InChI is InChI=1S/C15H13FN4O3S/c1-23-13-8-4-5-10(17-13)9-24(21,22)15-18-14(19-20-15)11-6-2-3-7-12(11)16/h2-8H,9H2,1H3,(H,18,19,20). The van der Waals surface area contributed by atoms with Crippen molar-refractivity contribution in [2.24, 2.45) is 0 Å². The minimum atomic E-state index is -3.81. The van der Waals surface area contributed by atoms with Gasteiger partial charge in [-0.05, 0) is 18.2 Å². The number of aromatic nitrogens is 4. The van der Waals surface area contributed by atoms with Gasteiger partial charge in [-0.2, -0.15) is 10.1 Å². The molecule has 0 aliphatic carbocycles. The molecule has 2 heterocycles. The highest BCUT2D eigenvalue weighted by Crippen LogP contribution is 2.21. The average Bonchev–Trinajstić information content (AvgIpc) is 3.06. The summed E-state index contributed by atoms with van der Waals surface area (Å²) in [5, 5.41) is 5.79. The zero-order valence-electron chi connectivity index (χ0n) is 12.6. The number of ether oxygens (including phenoxy) is 1. The van der Waals surface area contributed by atoms with E-state index in [9.17, 15) is 12.8 Å². The number of hydrogen-bond donors (Lipinski definition) is 1. The van der Waals surface area contributed by atoms with Crippen LogP contribution in [0.5, 0.6) is 5.88 Å². The summed E-state index contributed by atoms with van der Waals surface area (Å²) in [5.41, 5.74) is 0.424. The quantitative estimate of drug-likeness (QED) is 0.757. The molecule has 3 rings (SSSR count). The molecule has 0 unspecified atom stereocenters. The van der Waals surface area contributed by atoms with Crippen molar-refractivity contribution < 1.29 is 17.5 Å². The number of sulfone groups is 1. The number of nitrogens with one attached hydrogen (secondary N) is 1. The number of rotatable bonds is 5. The fourth-order valence-corrected chi connectivity index (χ4v) is 3.16. The van der Waals surface area contributed by atoms with Crippen LogP contribution in [-0.2, 0) is 15.6 Å². The number of H-pyrrole nitrogens is 1. The molecule has 124 valence electrons. The molecule has 0 amide bonds. The molecule has 1 N–H and O–H groups in total. The van der Waals surface area contributed by atoms with Crippen molar-refractivity contribution in [3.63, 3.8) is 0 Å². The summed E-state index contributed by atoms with van der Waals surface area (Å²) in [7, 11) is -2.37. The summed E-state index contributed by atoms with van der Waals surface area (Å²) in [4.78, 5) is 7.96. The van der Waals surface area contributed by atoms with Gasteiger partial charge >= 0.3 is 0 Å². The maximum atomic E-state index is 13.7. The number of aromatic amines is 1. The van der Waals surface area contributed by atoms with Crippen molar-refractivity contribution in [2.45, 2.75) is 10.9 Å². The zero-order valence-corrected chi connectivity index (χ0v) is 13.4. The molecular formula is C15H13FN4O3S. The molecule has 1 aromatic carbocycles. The lowest BCUT2D eigenvalue weighted by Gasteiger charge is -2.03. The third-order valence-electron chi connectivity index (χ3n) is 3.20. The summed E-state index contributed by atoms with van der Waals surface area (Å²) < 4.78 is 43.6. The fraction of sp³-hybridized carbons (Fsp3) is 0.133. The Morgan fingerprint density at radius 1 is 1.12 bits per heavy atom. The largest absolute Gasteiger partial charge is 0.481 e. The predicted molar refractivity (Wildman–Crippen MR) is 83.5 cm³/mol. The van der Waals surface area contributed by atoms with E-state index in [1.165, 1.54) is 25.3 Å². The van der Waals surface area contributed by atoms with Crippen LogP contribution in [-0.4, -0.2) is 35.7 Å². The van der Waals surface area contributed by atoms with Crippen LogP contribution in [0.4, 0.5) is 4.39 Å². The molecule has 9 heteroatoms. The second-order valence-electron chi connectivity index (χ2n) is 4.87. The van der Waals surface area contributed by atoms with Gasteiger partial charge in [0.25, 0.3) is 0 Å². The van der Waals surface area contributed by atoms with Gasteiger partial charge < -0.3 is 4.74 Å². The molecule has 0 atom stereocenters. The Kier molecular flexibility index (Phi) is 4.26. The van der Waals surface area contributed by atoms with E-state index in [-0.39, 0.29) is 22.3 Å². The Hall–Kier alpha value is -2.81. The van der Waals surface area contributed by atoms with Crippen molar-refractivity contribution in [2.75, 3.05) is 7.11 Å².